The molecule has 2 N–H and O–H groups in total. The van der Waals surface area contributed by atoms with Gasteiger partial charge >= 0.3 is 6.18 Å². The van der Waals surface area contributed by atoms with E-state index in [9.17, 15) is 18.0 Å². The second-order valence-electron chi connectivity index (χ2n) is 7.32. The first-order chi connectivity index (χ1) is 13.4. The number of hydrogen-bond acceptors (Lipinski definition) is 5. The van der Waals surface area contributed by atoms with E-state index in [2.05, 4.69) is 20.6 Å². The standard InChI is InChI=1S/C18H23F3N6O/c19-18(20,21)5-1-6-23-16(28)12-10-26(11-12)17-13-2-7-22-8-3-14(13)25-15-4-9-24-27(15)17/h4,9,12,22H,1-3,5-8,10-11H2,(H,23,28). The van der Waals surface area contributed by atoms with Crippen molar-refractivity contribution in [2.24, 2.45) is 5.92 Å². The van der Waals surface area contributed by atoms with E-state index in [0.29, 0.717) is 13.1 Å². The second-order valence-corrected chi connectivity index (χ2v) is 7.32. The first-order valence-electron chi connectivity index (χ1n) is 9.58. The molecule has 4 rings (SSSR count). The zero-order valence-electron chi connectivity index (χ0n) is 15.4. The van der Waals surface area contributed by atoms with Crippen molar-refractivity contribution >= 4 is 17.4 Å². The third-order valence-corrected chi connectivity index (χ3v) is 5.27. The van der Waals surface area contributed by atoms with Gasteiger partial charge in [-0.2, -0.15) is 22.8 Å². The molecule has 0 atom stereocenters. The molecule has 0 unspecified atom stereocenters. The van der Waals surface area contributed by atoms with Crippen LogP contribution in [0.2, 0.25) is 0 Å². The summed E-state index contributed by atoms with van der Waals surface area (Å²) in [6, 6.07) is 1.87. The van der Waals surface area contributed by atoms with Crippen molar-refractivity contribution in [1.82, 2.24) is 25.2 Å². The van der Waals surface area contributed by atoms with Crippen LogP contribution < -0.4 is 15.5 Å². The summed E-state index contributed by atoms with van der Waals surface area (Å²) in [4.78, 5) is 19.1. The Morgan fingerprint density at radius 2 is 2.07 bits per heavy atom. The van der Waals surface area contributed by atoms with Crippen LogP contribution in [-0.2, 0) is 17.6 Å². The first-order valence-corrected chi connectivity index (χ1v) is 9.58. The fourth-order valence-electron chi connectivity index (χ4n) is 3.80. The number of hydrogen-bond donors (Lipinski definition) is 2. The van der Waals surface area contributed by atoms with Gasteiger partial charge in [-0.25, -0.2) is 4.98 Å². The summed E-state index contributed by atoms with van der Waals surface area (Å²) in [5, 5.41) is 10.4. The van der Waals surface area contributed by atoms with Crippen LogP contribution in [-0.4, -0.2) is 59.4 Å². The maximum atomic E-state index is 12.2. The highest BCUT2D eigenvalue weighted by Gasteiger charge is 2.36. The average molecular weight is 396 g/mol. The summed E-state index contributed by atoms with van der Waals surface area (Å²) in [7, 11) is 0. The van der Waals surface area contributed by atoms with Crippen molar-refractivity contribution in [2.45, 2.75) is 31.9 Å². The van der Waals surface area contributed by atoms with Crippen LogP contribution >= 0.6 is 0 Å². The Hall–Kier alpha value is -2.36. The number of halogens is 3. The van der Waals surface area contributed by atoms with Gasteiger partial charge in [0, 0.05) is 50.7 Å². The van der Waals surface area contributed by atoms with Crippen molar-refractivity contribution in [2.75, 3.05) is 37.6 Å². The van der Waals surface area contributed by atoms with Gasteiger partial charge < -0.3 is 15.5 Å². The molecule has 0 bridgehead atoms. The van der Waals surface area contributed by atoms with Crippen LogP contribution in [0.25, 0.3) is 5.65 Å². The molecule has 1 amide bonds. The summed E-state index contributed by atoms with van der Waals surface area (Å²) in [5.74, 6) is 0.580. The summed E-state index contributed by atoms with van der Waals surface area (Å²) < 4.78 is 38.4. The molecule has 0 spiro atoms. The number of fused-ring (bicyclic) bond motifs is 2. The minimum absolute atomic E-state index is 0.0502. The Morgan fingerprint density at radius 1 is 1.29 bits per heavy atom. The monoisotopic (exact) mass is 396 g/mol. The summed E-state index contributed by atoms with van der Waals surface area (Å²) >= 11 is 0. The number of carbonyl (C=O) groups excluding carboxylic acids is 1. The van der Waals surface area contributed by atoms with Gasteiger partial charge in [-0.1, -0.05) is 0 Å². The number of anilines is 1. The summed E-state index contributed by atoms with van der Waals surface area (Å²) in [5.41, 5.74) is 3.01. The molecule has 2 aliphatic heterocycles. The molecule has 28 heavy (non-hydrogen) atoms. The average Bonchev–Trinajstić information content (AvgIpc) is 2.93. The van der Waals surface area contributed by atoms with Crippen LogP contribution in [0, 0.1) is 5.92 Å². The van der Waals surface area contributed by atoms with E-state index in [1.54, 1.807) is 6.20 Å². The second kappa shape index (κ2) is 7.57. The zero-order valence-corrected chi connectivity index (χ0v) is 15.4. The van der Waals surface area contributed by atoms with Crippen molar-refractivity contribution < 1.29 is 18.0 Å². The summed E-state index contributed by atoms with van der Waals surface area (Å²) in [6.45, 7) is 2.86. The lowest BCUT2D eigenvalue weighted by molar-refractivity contribution is -0.136. The lowest BCUT2D eigenvalue weighted by atomic mass is 9.97. The molecule has 1 fully saturated rings. The largest absolute Gasteiger partial charge is 0.389 e. The maximum Gasteiger partial charge on any atom is 0.389 e. The predicted octanol–water partition coefficient (Wildman–Crippen LogP) is 1.31. The van der Waals surface area contributed by atoms with Gasteiger partial charge in [0.1, 0.15) is 5.82 Å². The van der Waals surface area contributed by atoms with Gasteiger partial charge in [0.15, 0.2) is 5.65 Å². The van der Waals surface area contributed by atoms with E-state index in [1.807, 2.05) is 10.6 Å². The Balaban J connectivity index is 1.42. The molecule has 2 aromatic heterocycles. The first kappa shape index (κ1) is 19.0. The van der Waals surface area contributed by atoms with Crippen LogP contribution in [0.4, 0.5) is 19.0 Å². The van der Waals surface area contributed by atoms with E-state index in [-0.39, 0.29) is 24.8 Å². The highest BCUT2D eigenvalue weighted by atomic mass is 19.4. The van der Waals surface area contributed by atoms with E-state index < -0.39 is 12.6 Å². The smallest absolute Gasteiger partial charge is 0.356 e. The number of carbonyl (C=O) groups is 1. The van der Waals surface area contributed by atoms with E-state index >= 15 is 0 Å². The Bertz CT molecular complexity index is 859. The Morgan fingerprint density at radius 3 is 2.86 bits per heavy atom. The van der Waals surface area contributed by atoms with Gasteiger partial charge in [-0.15, -0.1) is 0 Å². The molecule has 7 nitrogen and oxygen atoms in total. The molecule has 4 heterocycles. The van der Waals surface area contributed by atoms with Crippen molar-refractivity contribution in [3.63, 3.8) is 0 Å². The van der Waals surface area contributed by atoms with Crippen LogP contribution in [0.3, 0.4) is 0 Å². The third-order valence-electron chi connectivity index (χ3n) is 5.27. The quantitative estimate of drug-likeness (QED) is 0.746. The van der Waals surface area contributed by atoms with Crippen LogP contribution in [0.15, 0.2) is 12.3 Å². The molecule has 0 radical (unpaired) electrons. The molecular weight excluding hydrogens is 373 g/mol. The third kappa shape index (κ3) is 3.91. The molecule has 152 valence electrons. The molecule has 0 aliphatic carbocycles. The maximum absolute atomic E-state index is 12.2. The van der Waals surface area contributed by atoms with Crippen molar-refractivity contribution in [1.29, 1.82) is 0 Å². The fraction of sp³-hybridized carbons (Fsp3) is 0.611. The molecule has 2 aliphatic rings. The minimum Gasteiger partial charge on any atom is -0.356 e. The van der Waals surface area contributed by atoms with E-state index in [1.165, 1.54) is 0 Å². The zero-order chi connectivity index (χ0) is 19.7. The molecule has 10 heteroatoms. The topological polar surface area (TPSA) is 74.6 Å². The molecule has 2 aromatic rings. The van der Waals surface area contributed by atoms with Crippen LogP contribution in [0.5, 0.6) is 0 Å². The summed E-state index contributed by atoms with van der Waals surface area (Å²) in [6.07, 6.45) is -1.74. The minimum atomic E-state index is -4.18. The lowest BCUT2D eigenvalue weighted by Gasteiger charge is -2.41. The molecule has 0 aromatic carbocycles. The molecular formula is C18H23F3N6O. The van der Waals surface area contributed by atoms with Crippen molar-refractivity contribution in [3.05, 3.63) is 23.5 Å². The number of amides is 1. The van der Waals surface area contributed by atoms with Gasteiger partial charge in [-0.3, -0.25) is 4.79 Å². The Labute approximate surface area is 160 Å². The van der Waals surface area contributed by atoms with E-state index in [0.717, 1.165) is 48.7 Å². The SMILES string of the molecule is O=C(NCCCC(F)(F)F)C1CN(c2c3c(nc4ccnn24)CCNCC3)C1. The van der Waals surface area contributed by atoms with Gasteiger partial charge in [0.2, 0.25) is 5.91 Å². The predicted molar refractivity (Wildman–Crippen MR) is 97.3 cm³/mol. The van der Waals surface area contributed by atoms with Gasteiger partial charge in [0.05, 0.1) is 17.8 Å². The van der Waals surface area contributed by atoms with Crippen molar-refractivity contribution in [3.8, 4) is 0 Å². The molecule has 1 saturated heterocycles. The van der Waals surface area contributed by atoms with E-state index in [4.69, 9.17) is 4.98 Å². The number of alkyl halides is 3. The fourth-order valence-corrected chi connectivity index (χ4v) is 3.80. The number of nitrogens with one attached hydrogen (secondary N) is 2. The normalized spacial score (nSPS) is 17.9. The number of nitrogens with zero attached hydrogens (tertiary/aromatic N) is 4. The van der Waals surface area contributed by atoms with Crippen LogP contribution in [0.1, 0.15) is 24.1 Å². The number of aromatic nitrogens is 3. The van der Waals surface area contributed by atoms with Gasteiger partial charge in [0.25, 0.3) is 0 Å². The van der Waals surface area contributed by atoms with Gasteiger partial charge in [-0.05, 0) is 19.4 Å². The lowest BCUT2D eigenvalue weighted by Crippen LogP contribution is -2.54. The highest BCUT2D eigenvalue weighted by molar-refractivity contribution is 5.82. The highest BCUT2D eigenvalue weighted by Crippen LogP contribution is 2.31. The number of rotatable bonds is 5. The molecule has 0 saturated carbocycles. The Kier molecular flexibility index (Phi) is 5.13.